The van der Waals surface area contributed by atoms with E-state index >= 15 is 0 Å². The van der Waals surface area contributed by atoms with Crippen molar-refractivity contribution in [3.63, 3.8) is 0 Å². The van der Waals surface area contributed by atoms with Crippen LogP contribution in [-0.2, 0) is 4.74 Å². The molecule has 144 valence electrons. The molecule has 1 unspecified atom stereocenters. The average Bonchev–Trinajstić information content (AvgIpc) is 2.90. The maximum absolute atomic E-state index is 13.2. The smallest absolute Gasteiger partial charge is 0.255 e. The summed E-state index contributed by atoms with van der Waals surface area (Å²) in [5, 5.41) is 1.01. The van der Waals surface area contributed by atoms with Crippen LogP contribution in [0.3, 0.4) is 0 Å². The van der Waals surface area contributed by atoms with Gasteiger partial charge in [-0.1, -0.05) is 18.2 Å². The van der Waals surface area contributed by atoms with Gasteiger partial charge >= 0.3 is 0 Å². The number of fused-ring (bicyclic) bond motifs is 1. The molecule has 5 heteroatoms. The van der Waals surface area contributed by atoms with Crippen molar-refractivity contribution in [1.82, 2.24) is 14.8 Å². The zero-order valence-electron chi connectivity index (χ0n) is 16.4. The molecule has 1 amide bonds. The van der Waals surface area contributed by atoms with Crippen molar-refractivity contribution in [2.75, 3.05) is 39.4 Å². The Kier molecular flexibility index (Phi) is 5.15. The number of amides is 1. The topological polar surface area (TPSA) is 45.7 Å². The summed E-state index contributed by atoms with van der Waals surface area (Å²) in [6.45, 7) is 9.57. The Labute approximate surface area is 161 Å². The first-order valence-electron chi connectivity index (χ1n) is 10.0. The van der Waals surface area contributed by atoms with E-state index in [1.165, 1.54) is 0 Å². The molecule has 1 atom stereocenters. The van der Waals surface area contributed by atoms with Gasteiger partial charge in [0.05, 0.1) is 24.3 Å². The molecule has 1 aromatic carbocycles. The van der Waals surface area contributed by atoms with Crippen LogP contribution in [0.5, 0.6) is 0 Å². The van der Waals surface area contributed by atoms with Crippen LogP contribution in [0.25, 0.3) is 10.9 Å². The number of benzene rings is 1. The van der Waals surface area contributed by atoms with Gasteiger partial charge in [0.1, 0.15) is 0 Å². The Bertz CT molecular complexity index is 822. The Morgan fingerprint density at radius 3 is 2.93 bits per heavy atom. The van der Waals surface area contributed by atoms with Crippen molar-refractivity contribution in [2.45, 2.75) is 32.7 Å². The molecule has 4 rings (SSSR count). The van der Waals surface area contributed by atoms with Crippen molar-refractivity contribution >= 4 is 16.8 Å². The molecule has 2 aliphatic rings. The predicted molar refractivity (Wildman–Crippen MR) is 107 cm³/mol. The highest BCUT2D eigenvalue weighted by Gasteiger charge is 2.40. The van der Waals surface area contributed by atoms with Crippen molar-refractivity contribution in [2.24, 2.45) is 5.41 Å². The van der Waals surface area contributed by atoms with Crippen molar-refractivity contribution in [1.29, 1.82) is 0 Å². The van der Waals surface area contributed by atoms with E-state index in [2.05, 4.69) is 23.7 Å². The zero-order chi connectivity index (χ0) is 18.9. The third-order valence-electron chi connectivity index (χ3n) is 5.99. The Hall–Kier alpha value is -1.98. The molecule has 2 aromatic rings. The number of ether oxygens (including phenoxy) is 1. The minimum absolute atomic E-state index is 0.0406. The summed E-state index contributed by atoms with van der Waals surface area (Å²) in [7, 11) is 0. The number of rotatable bonds is 2. The lowest BCUT2D eigenvalue weighted by molar-refractivity contribution is 0.00572. The van der Waals surface area contributed by atoms with E-state index in [0.29, 0.717) is 11.6 Å². The molecule has 2 fully saturated rings. The van der Waals surface area contributed by atoms with Gasteiger partial charge < -0.3 is 9.64 Å². The summed E-state index contributed by atoms with van der Waals surface area (Å²) in [5.41, 5.74) is 1.65. The van der Waals surface area contributed by atoms with E-state index in [9.17, 15) is 4.79 Å². The van der Waals surface area contributed by atoms with Crippen LogP contribution in [-0.4, -0.2) is 66.1 Å². The number of pyridine rings is 1. The number of hydrogen-bond acceptors (Lipinski definition) is 4. The van der Waals surface area contributed by atoms with Gasteiger partial charge in [-0.2, -0.15) is 0 Å². The van der Waals surface area contributed by atoms with Gasteiger partial charge in [0.25, 0.3) is 5.91 Å². The number of carbonyl (C=O) groups excluding carboxylic acids is 1. The highest BCUT2D eigenvalue weighted by molar-refractivity contribution is 5.97. The molecule has 0 N–H and O–H groups in total. The summed E-state index contributed by atoms with van der Waals surface area (Å²) in [4.78, 5) is 22.2. The summed E-state index contributed by atoms with van der Waals surface area (Å²) in [6.07, 6.45) is 3.87. The number of nitrogens with zero attached hydrogens (tertiary/aromatic N) is 3. The van der Waals surface area contributed by atoms with E-state index in [0.717, 1.165) is 63.1 Å². The fourth-order valence-electron chi connectivity index (χ4n) is 4.47. The van der Waals surface area contributed by atoms with Gasteiger partial charge in [-0.05, 0) is 38.8 Å². The van der Waals surface area contributed by atoms with Gasteiger partial charge in [0.15, 0.2) is 0 Å². The second kappa shape index (κ2) is 7.56. The first-order chi connectivity index (χ1) is 13.1. The molecule has 27 heavy (non-hydrogen) atoms. The number of piperidine rings is 1. The molecule has 2 aliphatic heterocycles. The summed E-state index contributed by atoms with van der Waals surface area (Å²) in [6, 6.07) is 10.4. The molecule has 5 nitrogen and oxygen atoms in total. The Morgan fingerprint density at radius 1 is 1.22 bits per heavy atom. The van der Waals surface area contributed by atoms with Crippen LogP contribution in [0.2, 0.25) is 0 Å². The van der Waals surface area contributed by atoms with Gasteiger partial charge in [0.2, 0.25) is 0 Å². The molecule has 0 aliphatic carbocycles. The largest absolute Gasteiger partial charge is 0.379 e. The number of likely N-dealkylation sites (tertiary alicyclic amines) is 1. The SMILES string of the molecule is CC(C)N1CCOCC2(CCCN(C(=O)c3cnc4ccccc4c3)C2)C1. The number of hydrogen-bond donors (Lipinski definition) is 0. The third-order valence-corrected chi connectivity index (χ3v) is 5.99. The van der Waals surface area contributed by atoms with Crippen LogP contribution in [0, 0.1) is 5.41 Å². The molecule has 0 bridgehead atoms. The molecular weight excluding hydrogens is 338 g/mol. The molecule has 3 heterocycles. The molecular formula is C22H29N3O2. The van der Waals surface area contributed by atoms with E-state index < -0.39 is 0 Å². The minimum Gasteiger partial charge on any atom is -0.379 e. The summed E-state index contributed by atoms with van der Waals surface area (Å²) >= 11 is 0. The van der Waals surface area contributed by atoms with Gasteiger partial charge in [-0.3, -0.25) is 14.7 Å². The monoisotopic (exact) mass is 367 g/mol. The van der Waals surface area contributed by atoms with Crippen molar-refractivity contribution in [3.05, 3.63) is 42.1 Å². The Morgan fingerprint density at radius 2 is 2.07 bits per heavy atom. The first kappa shape index (κ1) is 18.4. The molecule has 0 radical (unpaired) electrons. The van der Waals surface area contributed by atoms with Crippen LogP contribution >= 0.6 is 0 Å². The van der Waals surface area contributed by atoms with Crippen LogP contribution in [0.4, 0.5) is 0 Å². The normalized spacial score (nSPS) is 24.5. The number of carbonyl (C=O) groups is 1. The second-order valence-corrected chi connectivity index (χ2v) is 8.36. The standard InChI is InChI=1S/C22H29N3O2/c1-17(2)24-10-11-27-16-22(14-24)8-5-9-25(15-22)21(26)19-12-18-6-3-4-7-20(18)23-13-19/h3-4,6-7,12-13,17H,5,8-11,14-16H2,1-2H3. The molecule has 1 spiro atoms. The van der Waals surface area contributed by atoms with Crippen LogP contribution < -0.4 is 0 Å². The van der Waals surface area contributed by atoms with Crippen LogP contribution in [0.1, 0.15) is 37.0 Å². The highest BCUT2D eigenvalue weighted by Crippen LogP contribution is 2.34. The lowest BCUT2D eigenvalue weighted by Gasteiger charge is -2.44. The van der Waals surface area contributed by atoms with Gasteiger partial charge in [-0.25, -0.2) is 0 Å². The van der Waals surface area contributed by atoms with E-state index in [-0.39, 0.29) is 11.3 Å². The quantitative estimate of drug-likeness (QED) is 0.818. The van der Waals surface area contributed by atoms with Crippen molar-refractivity contribution in [3.8, 4) is 0 Å². The lowest BCUT2D eigenvalue weighted by atomic mass is 9.79. The maximum Gasteiger partial charge on any atom is 0.255 e. The Balaban J connectivity index is 1.55. The average molecular weight is 367 g/mol. The van der Waals surface area contributed by atoms with Crippen LogP contribution in [0.15, 0.2) is 36.5 Å². The van der Waals surface area contributed by atoms with Gasteiger partial charge in [-0.15, -0.1) is 0 Å². The van der Waals surface area contributed by atoms with E-state index in [1.807, 2.05) is 35.2 Å². The summed E-state index contributed by atoms with van der Waals surface area (Å²) < 4.78 is 5.97. The van der Waals surface area contributed by atoms with Crippen molar-refractivity contribution < 1.29 is 9.53 Å². The minimum atomic E-state index is 0.0406. The zero-order valence-corrected chi connectivity index (χ0v) is 16.4. The van der Waals surface area contributed by atoms with E-state index in [4.69, 9.17) is 4.74 Å². The van der Waals surface area contributed by atoms with Gasteiger partial charge in [0, 0.05) is 49.2 Å². The molecule has 0 saturated carbocycles. The molecule has 1 aromatic heterocycles. The third kappa shape index (κ3) is 3.85. The summed E-state index contributed by atoms with van der Waals surface area (Å²) in [5.74, 6) is 0.0904. The first-order valence-corrected chi connectivity index (χ1v) is 10.0. The lowest BCUT2D eigenvalue weighted by Crippen LogP contribution is -2.53. The fourth-order valence-corrected chi connectivity index (χ4v) is 4.47. The number of aromatic nitrogens is 1. The van der Waals surface area contributed by atoms with E-state index in [1.54, 1.807) is 6.20 Å². The second-order valence-electron chi connectivity index (χ2n) is 8.36. The predicted octanol–water partition coefficient (Wildman–Crippen LogP) is 3.20. The fraction of sp³-hybridized carbons (Fsp3) is 0.545. The molecule has 2 saturated heterocycles. The number of para-hydroxylation sites is 1. The highest BCUT2D eigenvalue weighted by atomic mass is 16.5. The maximum atomic E-state index is 13.2.